The summed E-state index contributed by atoms with van der Waals surface area (Å²) in [5, 5.41) is 19.9. The minimum absolute atomic E-state index is 0.0228. The van der Waals surface area contributed by atoms with Gasteiger partial charge in [-0.3, -0.25) is 14.9 Å². The molecule has 0 aliphatic heterocycles. The van der Waals surface area contributed by atoms with E-state index in [1.807, 2.05) is 6.07 Å². The van der Waals surface area contributed by atoms with E-state index in [1.54, 1.807) is 32.0 Å². The monoisotopic (exact) mass is 283 g/mol. The molecule has 106 valence electrons. The molecule has 0 fully saturated rings. The van der Waals surface area contributed by atoms with Gasteiger partial charge in [0.25, 0.3) is 11.2 Å². The quantitative estimate of drug-likeness (QED) is 0.638. The number of nitrogens with zero attached hydrogens (tertiary/aromatic N) is 3. The highest BCUT2D eigenvalue weighted by atomic mass is 16.6. The number of hydrogen-bond donors (Lipinski definition) is 0. The molecule has 0 N–H and O–H groups in total. The summed E-state index contributed by atoms with van der Waals surface area (Å²) in [5.74, 6) is 0. The van der Waals surface area contributed by atoms with Crippen LogP contribution in [0.15, 0.2) is 35.1 Å². The zero-order valence-corrected chi connectivity index (χ0v) is 11.7. The van der Waals surface area contributed by atoms with Crippen LogP contribution in [-0.2, 0) is 6.54 Å². The first-order valence-corrected chi connectivity index (χ1v) is 6.29. The Kier molecular flexibility index (Phi) is 3.85. The van der Waals surface area contributed by atoms with Gasteiger partial charge in [0, 0.05) is 17.3 Å². The zero-order chi connectivity index (χ0) is 15.6. The van der Waals surface area contributed by atoms with Crippen LogP contribution < -0.4 is 5.56 Å². The van der Waals surface area contributed by atoms with Crippen molar-refractivity contribution in [3.05, 3.63) is 73.2 Å². The highest BCUT2D eigenvalue weighted by molar-refractivity contribution is 5.44. The van der Waals surface area contributed by atoms with Crippen LogP contribution in [0.3, 0.4) is 0 Å². The first kappa shape index (κ1) is 14.5. The fourth-order valence-electron chi connectivity index (χ4n) is 2.16. The molecule has 0 spiro atoms. The largest absolute Gasteiger partial charge is 0.307 e. The molecule has 1 aromatic carbocycles. The Bertz CT molecular complexity index is 816. The van der Waals surface area contributed by atoms with Crippen molar-refractivity contribution in [2.24, 2.45) is 0 Å². The number of nitro benzene ring substituents is 1. The Hall–Kier alpha value is -2.94. The molecule has 2 rings (SSSR count). The SMILES string of the molecule is Cc1c(Cn2c(C)ccc(C#N)c2=O)cccc1[N+](=O)[O-]. The van der Waals surface area contributed by atoms with Crippen molar-refractivity contribution in [3.63, 3.8) is 0 Å². The number of nitro groups is 1. The summed E-state index contributed by atoms with van der Waals surface area (Å²) in [4.78, 5) is 22.7. The van der Waals surface area contributed by atoms with Crippen LogP contribution in [-0.4, -0.2) is 9.49 Å². The Morgan fingerprint density at radius 1 is 1.29 bits per heavy atom. The Morgan fingerprint density at radius 2 is 2.00 bits per heavy atom. The molecular formula is C15H13N3O3. The molecule has 0 saturated carbocycles. The normalized spacial score (nSPS) is 10.1. The van der Waals surface area contributed by atoms with E-state index in [9.17, 15) is 14.9 Å². The smallest absolute Gasteiger partial charge is 0.272 e. The second kappa shape index (κ2) is 5.59. The van der Waals surface area contributed by atoms with Gasteiger partial charge in [-0.2, -0.15) is 5.26 Å². The van der Waals surface area contributed by atoms with Crippen LogP contribution in [0.5, 0.6) is 0 Å². The molecule has 6 heteroatoms. The summed E-state index contributed by atoms with van der Waals surface area (Å²) in [6, 6.07) is 9.79. The summed E-state index contributed by atoms with van der Waals surface area (Å²) in [5.41, 5.74) is 1.60. The van der Waals surface area contributed by atoms with Crippen molar-refractivity contribution in [3.8, 4) is 6.07 Å². The number of aromatic nitrogens is 1. The molecule has 0 amide bonds. The first-order chi connectivity index (χ1) is 9.95. The summed E-state index contributed by atoms with van der Waals surface area (Å²) < 4.78 is 1.45. The fraction of sp³-hybridized carbons (Fsp3) is 0.200. The topological polar surface area (TPSA) is 88.9 Å². The van der Waals surface area contributed by atoms with Crippen LogP contribution in [0.2, 0.25) is 0 Å². The van der Waals surface area contributed by atoms with Crippen LogP contribution in [0, 0.1) is 35.3 Å². The van der Waals surface area contributed by atoms with Gasteiger partial charge < -0.3 is 4.57 Å². The average molecular weight is 283 g/mol. The van der Waals surface area contributed by atoms with Gasteiger partial charge in [-0.05, 0) is 31.5 Å². The Morgan fingerprint density at radius 3 is 2.62 bits per heavy atom. The maximum absolute atomic E-state index is 12.2. The van der Waals surface area contributed by atoms with E-state index in [-0.39, 0.29) is 23.4 Å². The van der Waals surface area contributed by atoms with Crippen LogP contribution in [0.25, 0.3) is 0 Å². The van der Waals surface area contributed by atoms with Crippen molar-refractivity contribution in [1.82, 2.24) is 4.57 Å². The van der Waals surface area contributed by atoms with E-state index in [4.69, 9.17) is 5.26 Å². The van der Waals surface area contributed by atoms with Gasteiger partial charge in [0.1, 0.15) is 11.6 Å². The highest BCUT2D eigenvalue weighted by Gasteiger charge is 2.14. The fourth-order valence-corrected chi connectivity index (χ4v) is 2.16. The van der Waals surface area contributed by atoms with E-state index < -0.39 is 4.92 Å². The van der Waals surface area contributed by atoms with Gasteiger partial charge in [-0.15, -0.1) is 0 Å². The van der Waals surface area contributed by atoms with E-state index in [2.05, 4.69) is 0 Å². The van der Waals surface area contributed by atoms with Gasteiger partial charge in [-0.25, -0.2) is 0 Å². The molecule has 0 bridgehead atoms. The lowest BCUT2D eigenvalue weighted by Gasteiger charge is -2.12. The van der Waals surface area contributed by atoms with Crippen LogP contribution >= 0.6 is 0 Å². The molecule has 0 unspecified atom stereocenters. The predicted octanol–water partition coefficient (Wildman–Crippen LogP) is 2.29. The molecule has 2 aromatic rings. The predicted molar refractivity (Wildman–Crippen MR) is 77.1 cm³/mol. The van der Waals surface area contributed by atoms with Crippen molar-refractivity contribution >= 4 is 5.69 Å². The molecule has 0 aliphatic carbocycles. The minimum atomic E-state index is -0.444. The third-order valence-corrected chi connectivity index (χ3v) is 3.46. The molecule has 21 heavy (non-hydrogen) atoms. The van der Waals surface area contributed by atoms with Crippen molar-refractivity contribution in [2.45, 2.75) is 20.4 Å². The number of rotatable bonds is 3. The second-order valence-electron chi connectivity index (χ2n) is 4.71. The lowest BCUT2D eigenvalue weighted by atomic mass is 10.1. The molecule has 0 saturated heterocycles. The summed E-state index contributed by atoms with van der Waals surface area (Å²) in [6.07, 6.45) is 0. The van der Waals surface area contributed by atoms with Gasteiger partial charge >= 0.3 is 0 Å². The maximum atomic E-state index is 12.2. The Labute approximate surface area is 121 Å². The average Bonchev–Trinajstić information content (AvgIpc) is 2.45. The number of benzene rings is 1. The molecule has 0 atom stereocenters. The number of aryl methyl sites for hydroxylation is 1. The lowest BCUT2D eigenvalue weighted by molar-refractivity contribution is -0.385. The van der Waals surface area contributed by atoms with Crippen LogP contribution in [0.4, 0.5) is 5.69 Å². The van der Waals surface area contributed by atoms with Gasteiger partial charge in [0.15, 0.2) is 0 Å². The number of nitriles is 1. The summed E-state index contributed by atoms with van der Waals surface area (Å²) >= 11 is 0. The van der Waals surface area contributed by atoms with Crippen molar-refractivity contribution in [1.29, 1.82) is 5.26 Å². The van der Waals surface area contributed by atoms with Crippen molar-refractivity contribution < 1.29 is 4.92 Å². The Balaban J connectivity index is 2.54. The van der Waals surface area contributed by atoms with Crippen LogP contribution in [0.1, 0.15) is 22.4 Å². The molecule has 0 aliphatic rings. The highest BCUT2D eigenvalue weighted by Crippen LogP contribution is 2.21. The standard InChI is InChI=1S/C15H13N3O3/c1-10-6-7-12(8-16)15(19)17(10)9-13-4-3-5-14(11(13)2)18(20)21/h3-7H,9H2,1-2H3. The van der Waals surface area contributed by atoms with Gasteiger partial charge in [-0.1, -0.05) is 12.1 Å². The summed E-state index contributed by atoms with van der Waals surface area (Å²) in [6.45, 7) is 3.62. The molecule has 6 nitrogen and oxygen atoms in total. The van der Waals surface area contributed by atoms with E-state index in [0.717, 1.165) is 0 Å². The first-order valence-electron chi connectivity index (χ1n) is 6.29. The third kappa shape index (κ3) is 2.67. The summed E-state index contributed by atoms with van der Waals surface area (Å²) in [7, 11) is 0. The molecule has 1 aromatic heterocycles. The lowest BCUT2D eigenvalue weighted by Crippen LogP contribution is -2.25. The molecule has 1 heterocycles. The van der Waals surface area contributed by atoms with E-state index in [0.29, 0.717) is 16.8 Å². The zero-order valence-electron chi connectivity index (χ0n) is 11.7. The van der Waals surface area contributed by atoms with Gasteiger partial charge in [0.05, 0.1) is 11.5 Å². The number of pyridine rings is 1. The van der Waals surface area contributed by atoms with E-state index in [1.165, 1.54) is 16.7 Å². The molecular weight excluding hydrogens is 270 g/mol. The minimum Gasteiger partial charge on any atom is -0.307 e. The second-order valence-corrected chi connectivity index (χ2v) is 4.71. The van der Waals surface area contributed by atoms with Gasteiger partial charge in [0.2, 0.25) is 0 Å². The molecule has 0 radical (unpaired) electrons. The van der Waals surface area contributed by atoms with Crippen molar-refractivity contribution in [2.75, 3.05) is 0 Å². The van der Waals surface area contributed by atoms with E-state index >= 15 is 0 Å². The maximum Gasteiger partial charge on any atom is 0.272 e. The third-order valence-electron chi connectivity index (χ3n) is 3.46. The number of hydrogen-bond acceptors (Lipinski definition) is 4.